The third-order valence-electron chi connectivity index (χ3n) is 5.11. The standard InChI is InChI=1S/C23H21FN2O4S/c1-30-20-9-5-7-18(13-20)14-25-16-23(27)26(15-17-6-4-8-19(24)12-17)21-10-2-3-11-22(21)31(25,28)29/h2-13H,14-16H2,1H3. The number of fused-ring (bicyclic) bond motifs is 1. The van der Waals surface area contributed by atoms with E-state index >= 15 is 0 Å². The van der Waals surface area contributed by atoms with Gasteiger partial charge in [-0.05, 0) is 47.5 Å². The summed E-state index contributed by atoms with van der Waals surface area (Å²) in [5, 5.41) is 0. The largest absolute Gasteiger partial charge is 0.497 e. The number of para-hydroxylation sites is 1. The van der Waals surface area contributed by atoms with Crippen LogP contribution in [-0.4, -0.2) is 32.3 Å². The maximum Gasteiger partial charge on any atom is 0.245 e. The van der Waals surface area contributed by atoms with E-state index in [2.05, 4.69) is 0 Å². The normalized spacial score (nSPS) is 15.9. The van der Waals surface area contributed by atoms with Gasteiger partial charge in [-0.1, -0.05) is 36.4 Å². The molecule has 0 spiro atoms. The number of halogens is 1. The molecule has 4 rings (SSSR count). The zero-order valence-electron chi connectivity index (χ0n) is 16.9. The maximum atomic E-state index is 13.7. The van der Waals surface area contributed by atoms with Gasteiger partial charge in [0.2, 0.25) is 15.9 Å². The summed E-state index contributed by atoms with van der Waals surface area (Å²) in [6.45, 7) is -0.243. The molecule has 1 aliphatic rings. The van der Waals surface area contributed by atoms with Crippen LogP contribution in [0.1, 0.15) is 11.1 Å². The van der Waals surface area contributed by atoms with Gasteiger partial charge in [-0.25, -0.2) is 12.8 Å². The van der Waals surface area contributed by atoms with Gasteiger partial charge in [0.15, 0.2) is 0 Å². The molecule has 0 unspecified atom stereocenters. The van der Waals surface area contributed by atoms with Crippen LogP contribution in [-0.2, 0) is 27.9 Å². The lowest BCUT2D eigenvalue weighted by Crippen LogP contribution is -2.38. The minimum Gasteiger partial charge on any atom is -0.497 e. The molecule has 0 saturated carbocycles. The molecule has 0 aliphatic carbocycles. The van der Waals surface area contributed by atoms with Gasteiger partial charge >= 0.3 is 0 Å². The monoisotopic (exact) mass is 440 g/mol. The number of hydrogen-bond donors (Lipinski definition) is 0. The van der Waals surface area contributed by atoms with Crippen molar-refractivity contribution >= 4 is 21.6 Å². The first-order valence-electron chi connectivity index (χ1n) is 9.65. The van der Waals surface area contributed by atoms with Crippen LogP contribution in [0.5, 0.6) is 5.75 Å². The van der Waals surface area contributed by atoms with Crippen molar-refractivity contribution in [2.24, 2.45) is 0 Å². The summed E-state index contributed by atoms with van der Waals surface area (Å²) in [5.74, 6) is -0.204. The summed E-state index contributed by atoms with van der Waals surface area (Å²) in [6, 6.07) is 19.4. The second-order valence-corrected chi connectivity index (χ2v) is 9.11. The van der Waals surface area contributed by atoms with E-state index in [-0.39, 0.29) is 36.1 Å². The highest BCUT2D eigenvalue weighted by molar-refractivity contribution is 7.89. The van der Waals surface area contributed by atoms with Gasteiger partial charge in [-0.3, -0.25) is 4.79 Å². The van der Waals surface area contributed by atoms with Crippen molar-refractivity contribution in [2.45, 2.75) is 18.0 Å². The Labute approximate surface area is 180 Å². The highest BCUT2D eigenvalue weighted by Crippen LogP contribution is 2.33. The number of hydrogen-bond acceptors (Lipinski definition) is 4. The predicted octanol–water partition coefficient (Wildman–Crippen LogP) is 3.57. The second-order valence-electron chi connectivity index (χ2n) is 7.20. The first-order valence-corrected chi connectivity index (χ1v) is 11.1. The van der Waals surface area contributed by atoms with E-state index in [4.69, 9.17) is 4.74 Å². The molecule has 6 nitrogen and oxygen atoms in total. The average Bonchev–Trinajstić information content (AvgIpc) is 2.83. The SMILES string of the molecule is COc1cccc(CN2CC(=O)N(Cc3cccc(F)c3)c3ccccc3S2(=O)=O)c1. The molecule has 0 radical (unpaired) electrons. The molecule has 3 aromatic rings. The minimum absolute atomic E-state index is 0.0212. The number of anilines is 1. The second kappa shape index (κ2) is 8.49. The van der Waals surface area contributed by atoms with Crippen LogP contribution in [0.15, 0.2) is 77.7 Å². The van der Waals surface area contributed by atoms with E-state index in [1.165, 1.54) is 30.2 Å². The van der Waals surface area contributed by atoms with Crippen LogP contribution in [0.3, 0.4) is 0 Å². The number of sulfonamides is 1. The fraction of sp³-hybridized carbons (Fsp3) is 0.174. The summed E-state index contributed by atoms with van der Waals surface area (Å²) >= 11 is 0. The molecule has 0 fully saturated rings. The smallest absolute Gasteiger partial charge is 0.245 e. The Morgan fingerprint density at radius 1 is 0.935 bits per heavy atom. The fourth-order valence-corrected chi connectivity index (χ4v) is 5.17. The van der Waals surface area contributed by atoms with Crippen molar-refractivity contribution in [3.8, 4) is 5.75 Å². The highest BCUT2D eigenvalue weighted by Gasteiger charge is 2.36. The van der Waals surface area contributed by atoms with Crippen molar-refractivity contribution in [1.82, 2.24) is 4.31 Å². The summed E-state index contributed by atoms with van der Waals surface area (Å²) in [5.41, 5.74) is 1.55. The van der Waals surface area contributed by atoms with Crippen LogP contribution < -0.4 is 9.64 Å². The van der Waals surface area contributed by atoms with Crippen molar-refractivity contribution < 1.29 is 22.3 Å². The molecule has 0 atom stereocenters. The molecule has 1 amide bonds. The Bertz CT molecular complexity index is 1230. The molecule has 31 heavy (non-hydrogen) atoms. The number of carbonyl (C=O) groups is 1. The Balaban J connectivity index is 1.74. The van der Waals surface area contributed by atoms with Gasteiger partial charge in [0.25, 0.3) is 0 Å². The summed E-state index contributed by atoms with van der Waals surface area (Å²) in [7, 11) is -2.41. The first-order chi connectivity index (χ1) is 14.9. The molecule has 0 saturated heterocycles. The molecule has 1 heterocycles. The van der Waals surface area contributed by atoms with E-state index in [1.807, 2.05) is 0 Å². The third kappa shape index (κ3) is 4.30. The molecule has 160 valence electrons. The maximum absolute atomic E-state index is 13.7. The van der Waals surface area contributed by atoms with Gasteiger partial charge in [-0.15, -0.1) is 0 Å². The van der Waals surface area contributed by atoms with Gasteiger partial charge < -0.3 is 9.64 Å². The minimum atomic E-state index is -3.95. The Morgan fingerprint density at radius 3 is 2.39 bits per heavy atom. The number of rotatable bonds is 5. The van der Waals surface area contributed by atoms with Crippen molar-refractivity contribution in [1.29, 1.82) is 0 Å². The van der Waals surface area contributed by atoms with Crippen LogP contribution >= 0.6 is 0 Å². The molecule has 0 bridgehead atoms. The lowest BCUT2D eigenvalue weighted by molar-refractivity contribution is -0.119. The van der Waals surface area contributed by atoms with E-state index in [0.29, 0.717) is 16.9 Å². The predicted molar refractivity (Wildman–Crippen MR) is 115 cm³/mol. The lowest BCUT2D eigenvalue weighted by atomic mass is 10.2. The Morgan fingerprint density at radius 2 is 1.65 bits per heavy atom. The van der Waals surface area contributed by atoms with E-state index in [9.17, 15) is 17.6 Å². The molecule has 0 N–H and O–H groups in total. The Hall–Kier alpha value is -3.23. The molecular formula is C23H21FN2O4S. The highest BCUT2D eigenvalue weighted by atomic mass is 32.2. The number of nitrogens with zero attached hydrogens (tertiary/aromatic N) is 2. The van der Waals surface area contributed by atoms with Crippen LogP contribution in [0, 0.1) is 5.82 Å². The topological polar surface area (TPSA) is 66.9 Å². The summed E-state index contributed by atoms with van der Waals surface area (Å²) in [4.78, 5) is 14.6. The van der Waals surface area contributed by atoms with Gasteiger partial charge in [-0.2, -0.15) is 4.31 Å². The van der Waals surface area contributed by atoms with Crippen LogP contribution in [0.25, 0.3) is 0 Å². The van der Waals surface area contributed by atoms with Gasteiger partial charge in [0.1, 0.15) is 16.5 Å². The van der Waals surface area contributed by atoms with E-state index in [0.717, 1.165) is 4.31 Å². The first kappa shape index (κ1) is 21.0. The fourth-order valence-electron chi connectivity index (χ4n) is 3.60. The Kier molecular flexibility index (Phi) is 5.75. The van der Waals surface area contributed by atoms with Crippen LogP contribution in [0.4, 0.5) is 10.1 Å². The van der Waals surface area contributed by atoms with Gasteiger partial charge in [0.05, 0.1) is 25.9 Å². The lowest BCUT2D eigenvalue weighted by Gasteiger charge is -2.22. The molecule has 0 aromatic heterocycles. The summed E-state index contributed by atoms with van der Waals surface area (Å²) in [6.07, 6.45) is 0. The zero-order chi connectivity index (χ0) is 22.0. The van der Waals surface area contributed by atoms with Crippen molar-refractivity contribution in [3.63, 3.8) is 0 Å². The number of benzene rings is 3. The van der Waals surface area contributed by atoms with Crippen LogP contribution in [0.2, 0.25) is 0 Å². The number of methoxy groups -OCH3 is 1. The zero-order valence-corrected chi connectivity index (χ0v) is 17.7. The van der Waals surface area contributed by atoms with Crippen molar-refractivity contribution in [2.75, 3.05) is 18.6 Å². The molecule has 8 heteroatoms. The van der Waals surface area contributed by atoms with Gasteiger partial charge in [0, 0.05) is 6.54 Å². The molecule has 1 aliphatic heterocycles. The van der Waals surface area contributed by atoms with E-state index < -0.39 is 15.8 Å². The van der Waals surface area contributed by atoms with E-state index in [1.54, 1.807) is 54.6 Å². The van der Waals surface area contributed by atoms with Crippen molar-refractivity contribution in [3.05, 3.63) is 89.7 Å². The molecule has 3 aromatic carbocycles. The third-order valence-corrected chi connectivity index (χ3v) is 6.95. The number of ether oxygens (including phenoxy) is 1. The summed E-state index contributed by atoms with van der Waals surface area (Å²) < 4.78 is 46.9. The number of carbonyl (C=O) groups excluding carboxylic acids is 1. The molecular weight excluding hydrogens is 419 g/mol. The average molecular weight is 440 g/mol. The number of amides is 1. The quantitative estimate of drug-likeness (QED) is 0.608.